The van der Waals surface area contributed by atoms with Crippen molar-refractivity contribution >= 4 is 16.9 Å². The van der Waals surface area contributed by atoms with Gasteiger partial charge in [0.2, 0.25) is 0 Å². The van der Waals surface area contributed by atoms with Gasteiger partial charge in [0.15, 0.2) is 5.58 Å². The van der Waals surface area contributed by atoms with Crippen LogP contribution in [0.5, 0.6) is 0 Å². The number of allylic oxidation sites excluding steroid dienone is 3. The van der Waals surface area contributed by atoms with E-state index < -0.39 is 0 Å². The van der Waals surface area contributed by atoms with Crippen molar-refractivity contribution in [3.8, 4) is 0 Å². The number of carbonyl (C=O) groups excluding carboxylic acids is 1. The predicted molar refractivity (Wildman–Crippen MR) is 137 cm³/mol. The van der Waals surface area contributed by atoms with Crippen molar-refractivity contribution in [2.75, 3.05) is 26.2 Å². The Balaban J connectivity index is 1.02. The summed E-state index contributed by atoms with van der Waals surface area (Å²) in [6.45, 7) is 6.04. The van der Waals surface area contributed by atoms with Crippen molar-refractivity contribution in [1.29, 1.82) is 0 Å². The number of hydrogen-bond acceptors (Lipinski definition) is 4. The predicted octanol–water partition coefficient (Wildman–Crippen LogP) is 6.04. The molecule has 0 N–H and O–H groups in total. The molecule has 36 heavy (non-hydrogen) atoms. The molecule has 0 spiro atoms. The van der Waals surface area contributed by atoms with Crippen molar-refractivity contribution in [3.63, 3.8) is 0 Å². The van der Waals surface area contributed by atoms with Gasteiger partial charge >= 0.3 is 0 Å². The third-order valence-corrected chi connectivity index (χ3v) is 9.65. The summed E-state index contributed by atoms with van der Waals surface area (Å²) >= 11 is 0. The molecule has 7 rings (SSSR count). The van der Waals surface area contributed by atoms with E-state index in [1.54, 1.807) is 6.07 Å². The van der Waals surface area contributed by atoms with Crippen LogP contribution in [0.4, 0.5) is 4.39 Å². The van der Waals surface area contributed by atoms with Gasteiger partial charge in [-0.15, -0.1) is 0 Å². The number of halogens is 1. The van der Waals surface area contributed by atoms with Crippen molar-refractivity contribution in [2.24, 2.45) is 23.7 Å². The summed E-state index contributed by atoms with van der Waals surface area (Å²) in [7, 11) is 0. The molecule has 2 saturated carbocycles. The third-order valence-electron chi connectivity index (χ3n) is 9.65. The van der Waals surface area contributed by atoms with Gasteiger partial charge in [-0.3, -0.25) is 4.79 Å². The number of likely N-dealkylation sites (tertiary alicyclic amines) is 1. The Hall–Kier alpha value is -2.47. The largest absolute Gasteiger partial charge is 0.356 e. The fourth-order valence-electron chi connectivity index (χ4n) is 7.26. The topological polar surface area (TPSA) is 49.6 Å². The Bertz CT molecular complexity index is 1250. The molecule has 1 aromatic heterocycles. The number of benzene rings is 1. The van der Waals surface area contributed by atoms with E-state index in [1.807, 2.05) is 0 Å². The van der Waals surface area contributed by atoms with E-state index in [-0.39, 0.29) is 5.82 Å². The van der Waals surface area contributed by atoms with E-state index >= 15 is 0 Å². The molecule has 5 aliphatic rings. The van der Waals surface area contributed by atoms with Gasteiger partial charge in [-0.05, 0) is 101 Å². The minimum atomic E-state index is -0.291. The molecule has 3 aliphatic heterocycles. The molecule has 2 aromatic rings. The Morgan fingerprint density at radius 1 is 1.08 bits per heavy atom. The highest BCUT2D eigenvalue weighted by molar-refractivity contribution is 5.96. The fourth-order valence-corrected chi connectivity index (χ4v) is 7.26. The van der Waals surface area contributed by atoms with Crippen LogP contribution in [0.1, 0.15) is 69.9 Å². The summed E-state index contributed by atoms with van der Waals surface area (Å²) in [4.78, 5) is 18.6. The van der Waals surface area contributed by atoms with Crippen LogP contribution >= 0.6 is 0 Å². The molecule has 0 bridgehead atoms. The average molecular weight is 490 g/mol. The lowest BCUT2D eigenvalue weighted by Crippen LogP contribution is -2.41. The second-order valence-electron chi connectivity index (χ2n) is 11.9. The Morgan fingerprint density at radius 2 is 1.92 bits per heavy atom. The molecule has 4 heterocycles. The Morgan fingerprint density at radius 3 is 2.72 bits per heavy atom. The minimum absolute atomic E-state index is 0.291. The first-order valence-corrected chi connectivity index (χ1v) is 14.1. The van der Waals surface area contributed by atoms with E-state index in [1.165, 1.54) is 49.1 Å². The quantitative estimate of drug-likeness (QED) is 0.514. The maximum atomic E-state index is 13.9. The number of nitrogens with zero attached hydrogens (tertiary/aromatic N) is 3. The molecule has 2 aliphatic carbocycles. The van der Waals surface area contributed by atoms with Crippen LogP contribution in [0.3, 0.4) is 0 Å². The van der Waals surface area contributed by atoms with Crippen molar-refractivity contribution in [2.45, 2.75) is 64.2 Å². The lowest BCUT2D eigenvalue weighted by atomic mass is 9.86. The number of fused-ring (bicyclic) bond motifs is 3. The molecule has 4 fully saturated rings. The third kappa shape index (κ3) is 4.02. The number of amides is 1. The standard InChI is InChI=1S/C30H36FN3O2/c1-18-23(30(35)34-11-2-3-24(19-4-5-19)27(34)16-21-15-26(18)21)10-14-33-12-8-20(9-13-33)29-25-7-6-22(31)17-28(25)36-32-29/h6-7,16-17,19-21,24,26H,2-5,8-15H2,1H3/b23-18-,27-16+. The molecular formula is C30H36FN3O2. The lowest BCUT2D eigenvalue weighted by molar-refractivity contribution is -0.127. The van der Waals surface area contributed by atoms with E-state index in [4.69, 9.17) is 4.52 Å². The zero-order valence-corrected chi connectivity index (χ0v) is 21.2. The van der Waals surface area contributed by atoms with Crippen LogP contribution < -0.4 is 0 Å². The number of carbonyl (C=O) groups is 1. The monoisotopic (exact) mass is 489 g/mol. The Labute approximate surface area is 212 Å². The normalized spacial score (nSPS) is 33.1. The van der Waals surface area contributed by atoms with Crippen LogP contribution in [0.25, 0.3) is 11.0 Å². The van der Waals surface area contributed by atoms with Gasteiger partial charge in [-0.25, -0.2) is 4.39 Å². The second-order valence-corrected chi connectivity index (χ2v) is 11.9. The summed E-state index contributed by atoms with van der Waals surface area (Å²) in [6.07, 6.45) is 11.7. The van der Waals surface area contributed by atoms with Crippen LogP contribution in [-0.2, 0) is 4.79 Å². The van der Waals surface area contributed by atoms with Gasteiger partial charge < -0.3 is 14.3 Å². The average Bonchev–Trinajstić information content (AvgIpc) is 3.82. The highest BCUT2D eigenvalue weighted by Gasteiger charge is 2.46. The van der Waals surface area contributed by atoms with E-state index in [9.17, 15) is 9.18 Å². The molecule has 0 radical (unpaired) electrons. The summed E-state index contributed by atoms with van der Waals surface area (Å²) in [5, 5.41) is 5.23. The lowest BCUT2D eigenvalue weighted by Gasteiger charge is -2.38. The summed E-state index contributed by atoms with van der Waals surface area (Å²) in [5.74, 6) is 3.00. The number of aromatic nitrogens is 1. The number of piperidine rings is 2. The first-order chi connectivity index (χ1) is 17.6. The van der Waals surface area contributed by atoms with Crippen molar-refractivity contribution < 1.29 is 13.7 Å². The zero-order chi connectivity index (χ0) is 24.4. The molecular weight excluding hydrogens is 453 g/mol. The smallest absolute Gasteiger partial charge is 0.253 e. The van der Waals surface area contributed by atoms with Crippen molar-refractivity contribution in [3.05, 3.63) is 52.6 Å². The second kappa shape index (κ2) is 8.83. The fraction of sp³-hybridized carbons (Fsp3) is 0.600. The Kier molecular flexibility index (Phi) is 5.57. The molecule has 5 nitrogen and oxygen atoms in total. The summed E-state index contributed by atoms with van der Waals surface area (Å²) in [6, 6.07) is 4.70. The summed E-state index contributed by atoms with van der Waals surface area (Å²) in [5.41, 5.74) is 5.33. The first kappa shape index (κ1) is 22.7. The van der Waals surface area contributed by atoms with Gasteiger partial charge in [0.25, 0.3) is 5.91 Å². The van der Waals surface area contributed by atoms with Gasteiger partial charge in [0.1, 0.15) is 5.82 Å². The van der Waals surface area contributed by atoms with E-state index in [0.29, 0.717) is 35.2 Å². The maximum absolute atomic E-state index is 13.9. The van der Waals surface area contributed by atoms with Gasteiger partial charge in [0, 0.05) is 47.6 Å². The molecule has 6 heteroatoms. The molecule has 2 saturated heterocycles. The highest BCUT2D eigenvalue weighted by atomic mass is 19.1. The SMILES string of the molecule is C/C1=C(\CCN2CCC(c3noc4cc(F)ccc34)CC2)C(=O)N2CCCC(C3CC3)/C2=C\C2CC12. The molecule has 3 unspecified atom stereocenters. The summed E-state index contributed by atoms with van der Waals surface area (Å²) < 4.78 is 18.9. The first-order valence-electron chi connectivity index (χ1n) is 14.1. The van der Waals surface area contributed by atoms with Gasteiger partial charge in [-0.2, -0.15) is 0 Å². The molecule has 190 valence electrons. The zero-order valence-electron chi connectivity index (χ0n) is 21.2. The van der Waals surface area contributed by atoms with E-state index in [2.05, 4.69) is 28.0 Å². The number of rotatable bonds is 5. The van der Waals surface area contributed by atoms with Gasteiger partial charge in [-0.1, -0.05) is 16.8 Å². The number of hydrogen-bond donors (Lipinski definition) is 0. The van der Waals surface area contributed by atoms with Crippen LogP contribution in [0, 0.1) is 29.5 Å². The maximum Gasteiger partial charge on any atom is 0.253 e. The molecule has 1 aromatic carbocycles. The molecule has 1 amide bonds. The van der Waals surface area contributed by atoms with Crippen LogP contribution in [-0.4, -0.2) is 47.0 Å². The van der Waals surface area contributed by atoms with Crippen LogP contribution in [0.2, 0.25) is 0 Å². The molecule has 3 atom stereocenters. The van der Waals surface area contributed by atoms with E-state index in [0.717, 1.165) is 74.4 Å². The highest BCUT2D eigenvalue weighted by Crippen LogP contribution is 2.53. The van der Waals surface area contributed by atoms with Crippen molar-refractivity contribution in [1.82, 2.24) is 15.0 Å². The van der Waals surface area contributed by atoms with Gasteiger partial charge in [0.05, 0.1) is 5.69 Å². The minimum Gasteiger partial charge on any atom is -0.356 e. The van der Waals surface area contributed by atoms with Crippen LogP contribution in [0.15, 0.2) is 45.6 Å².